The summed E-state index contributed by atoms with van der Waals surface area (Å²) in [4.78, 5) is 0. The van der Waals surface area contributed by atoms with Gasteiger partial charge in [0.15, 0.2) is 0 Å². The van der Waals surface area contributed by atoms with Gasteiger partial charge in [-0.2, -0.15) is 0 Å². The molecule has 0 aliphatic carbocycles. The lowest BCUT2D eigenvalue weighted by Crippen LogP contribution is -1.97. The molecule has 0 aromatic heterocycles. The van der Waals surface area contributed by atoms with Crippen LogP contribution in [-0.2, 0) is 6.42 Å². The van der Waals surface area contributed by atoms with Crippen LogP contribution in [0.5, 0.6) is 5.75 Å². The Bertz CT molecular complexity index is 568. The van der Waals surface area contributed by atoms with Gasteiger partial charge < -0.3 is 4.74 Å². The zero-order valence-corrected chi connectivity index (χ0v) is 12.0. The summed E-state index contributed by atoms with van der Waals surface area (Å²) in [7, 11) is 0. The Morgan fingerprint density at radius 3 is 2.72 bits per heavy atom. The number of alkyl halides is 1. The van der Waals surface area contributed by atoms with E-state index in [1.54, 1.807) is 0 Å². The summed E-state index contributed by atoms with van der Waals surface area (Å²) >= 11 is 10.1. The Kier molecular flexibility index (Phi) is 3.31. The van der Waals surface area contributed by atoms with E-state index >= 15 is 0 Å². The lowest BCUT2D eigenvalue weighted by molar-refractivity contribution is 0.353. The van der Waals surface area contributed by atoms with Crippen molar-refractivity contribution < 1.29 is 4.74 Å². The van der Waals surface area contributed by atoms with E-state index in [-0.39, 0.29) is 5.38 Å². The Morgan fingerprint density at radius 1 is 1.17 bits per heavy atom. The predicted molar refractivity (Wildman–Crippen MR) is 77.5 cm³/mol. The maximum Gasteiger partial charge on any atom is 0.127 e. The van der Waals surface area contributed by atoms with Crippen molar-refractivity contribution in [3.05, 3.63) is 63.6 Å². The van der Waals surface area contributed by atoms with Crippen molar-refractivity contribution in [2.45, 2.75) is 11.8 Å². The summed E-state index contributed by atoms with van der Waals surface area (Å²) < 4.78 is 6.78. The molecule has 0 fully saturated rings. The number of halogens is 2. The monoisotopic (exact) mass is 322 g/mol. The van der Waals surface area contributed by atoms with Crippen molar-refractivity contribution in [1.29, 1.82) is 0 Å². The second kappa shape index (κ2) is 4.94. The maximum absolute atomic E-state index is 6.59. The van der Waals surface area contributed by atoms with Crippen LogP contribution in [-0.4, -0.2) is 6.61 Å². The molecule has 0 amide bonds. The molecule has 0 bridgehead atoms. The molecule has 1 heterocycles. The van der Waals surface area contributed by atoms with Crippen molar-refractivity contribution in [3.63, 3.8) is 0 Å². The minimum atomic E-state index is -0.171. The van der Waals surface area contributed by atoms with Crippen molar-refractivity contribution in [1.82, 2.24) is 0 Å². The molecule has 18 heavy (non-hydrogen) atoms. The van der Waals surface area contributed by atoms with Crippen LogP contribution in [0.25, 0.3) is 0 Å². The molecule has 2 aromatic carbocycles. The zero-order chi connectivity index (χ0) is 12.5. The van der Waals surface area contributed by atoms with Gasteiger partial charge in [-0.25, -0.2) is 0 Å². The van der Waals surface area contributed by atoms with E-state index < -0.39 is 0 Å². The number of fused-ring (bicyclic) bond motifs is 1. The van der Waals surface area contributed by atoms with Crippen LogP contribution in [0.4, 0.5) is 0 Å². The minimum absolute atomic E-state index is 0.171. The molecule has 92 valence electrons. The Morgan fingerprint density at radius 2 is 1.94 bits per heavy atom. The first-order valence-corrected chi connectivity index (χ1v) is 7.13. The molecule has 1 nitrogen and oxygen atoms in total. The van der Waals surface area contributed by atoms with E-state index in [9.17, 15) is 0 Å². The zero-order valence-electron chi connectivity index (χ0n) is 9.70. The number of ether oxygens (including phenoxy) is 1. The molecule has 0 spiro atoms. The van der Waals surface area contributed by atoms with Gasteiger partial charge in [0.1, 0.15) is 5.75 Å². The van der Waals surface area contributed by atoms with E-state index in [1.165, 1.54) is 5.56 Å². The Balaban J connectivity index is 2.07. The molecular weight excluding hydrogens is 312 g/mol. The average Bonchev–Trinajstić information content (AvgIpc) is 2.86. The number of hydrogen-bond acceptors (Lipinski definition) is 1. The largest absolute Gasteiger partial charge is 0.493 e. The maximum atomic E-state index is 6.59. The van der Waals surface area contributed by atoms with E-state index in [0.29, 0.717) is 0 Å². The van der Waals surface area contributed by atoms with E-state index in [1.807, 2.05) is 30.3 Å². The molecular formula is C15H12BrClO. The third kappa shape index (κ3) is 2.15. The van der Waals surface area contributed by atoms with Crippen molar-refractivity contribution in [2.24, 2.45) is 0 Å². The molecule has 1 aliphatic rings. The number of benzene rings is 2. The second-order valence-electron chi connectivity index (χ2n) is 4.35. The topological polar surface area (TPSA) is 9.23 Å². The highest BCUT2D eigenvalue weighted by molar-refractivity contribution is 9.10. The van der Waals surface area contributed by atoms with E-state index in [0.717, 1.165) is 34.4 Å². The van der Waals surface area contributed by atoms with Gasteiger partial charge in [0.25, 0.3) is 0 Å². The minimum Gasteiger partial charge on any atom is -0.493 e. The van der Waals surface area contributed by atoms with E-state index in [4.69, 9.17) is 16.3 Å². The van der Waals surface area contributed by atoms with Crippen LogP contribution in [0.1, 0.15) is 22.1 Å². The lowest BCUT2D eigenvalue weighted by atomic mass is 10.0. The standard InChI is InChI=1S/C15H12BrClO/c16-12-8-11-6-7-18-15(11)13(9-12)14(17)10-4-2-1-3-5-10/h1-5,8-9,14H,6-7H2. The number of hydrogen-bond donors (Lipinski definition) is 0. The fraction of sp³-hybridized carbons (Fsp3) is 0.200. The molecule has 1 aliphatic heterocycles. The first-order valence-electron chi connectivity index (χ1n) is 5.90. The van der Waals surface area contributed by atoms with Crippen LogP contribution in [0.15, 0.2) is 46.9 Å². The van der Waals surface area contributed by atoms with Gasteiger partial charge in [-0.3, -0.25) is 0 Å². The van der Waals surface area contributed by atoms with E-state index in [2.05, 4.69) is 28.1 Å². The summed E-state index contributed by atoms with van der Waals surface area (Å²) in [5.41, 5.74) is 3.38. The molecule has 0 N–H and O–H groups in total. The third-order valence-corrected chi connectivity index (χ3v) is 4.09. The molecule has 3 rings (SSSR count). The highest BCUT2D eigenvalue weighted by Crippen LogP contribution is 2.41. The van der Waals surface area contributed by atoms with Crippen LogP contribution in [0.3, 0.4) is 0 Å². The smallest absolute Gasteiger partial charge is 0.127 e. The Labute approximate surface area is 120 Å². The SMILES string of the molecule is ClC(c1ccccc1)c1cc(Br)cc2c1OCC2. The highest BCUT2D eigenvalue weighted by Gasteiger charge is 2.22. The van der Waals surface area contributed by atoms with Crippen LogP contribution in [0, 0.1) is 0 Å². The second-order valence-corrected chi connectivity index (χ2v) is 5.71. The molecule has 0 saturated heterocycles. The van der Waals surface area contributed by atoms with Crippen molar-refractivity contribution in [2.75, 3.05) is 6.61 Å². The van der Waals surface area contributed by atoms with Gasteiger partial charge in [-0.05, 0) is 23.3 Å². The predicted octanol–water partition coefficient (Wildman–Crippen LogP) is 4.71. The fourth-order valence-electron chi connectivity index (χ4n) is 2.29. The summed E-state index contributed by atoms with van der Waals surface area (Å²) in [6.07, 6.45) is 0.959. The molecule has 3 heteroatoms. The molecule has 1 unspecified atom stereocenters. The first kappa shape index (κ1) is 12.1. The highest BCUT2D eigenvalue weighted by atomic mass is 79.9. The summed E-state index contributed by atoms with van der Waals surface area (Å²) in [6, 6.07) is 14.2. The van der Waals surface area contributed by atoms with Gasteiger partial charge >= 0.3 is 0 Å². The van der Waals surface area contributed by atoms with Crippen LogP contribution >= 0.6 is 27.5 Å². The Hall–Kier alpha value is -0.990. The summed E-state index contributed by atoms with van der Waals surface area (Å²) in [6.45, 7) is 0.747. The average molecular weight is 324 g/mol. The first-order chi connectivity index (χ1) is 8.75. The summed E-state index contributed by atoms with van der Waals surface area (Å²) in [5, 5.41) is -0.171. The summed E-state index contributed by atoms with van der Waals surface area (Å²) in [5.74, 6) is 0.960. The number of rotatable bonds is 2. The van der Waals surface area contributed by atoms with Crippen LogP contribution < -0.4 is 4.74 Å². The molecule has 0 saturated carbocycles. The molecule has 1 atom stereocenters. The van der Waals surface area contributed by atoms with Gasteiger partial charge in [0.05, 0.1) is 12.0 Å². The van der Waals surface area contributed by atoms with Gasteiger partial charge in [-0.15, -0.1) is 11.6 Å². The lowest BCUT2D eigenvalue weighted by Gasteiger charge is -2.14. The normalized spacial score (nSPS) is 15.0. The van der Waals surface area contributed by atoms with Gasteiger partial charge in [0.2, 0.25) is 0 Å². The van der Waals surface area contributed by atoms with Crippen LogP contribution in [0.2, 0.25) is 0 Å². The van der Waals surface area contributed by atoms with Crippen molar-refractivity contribution in [3.8, 4) is 5.75 Å². The van der Waals surface area contributed by atoms with Crippen molar-refractivity contribution >= 4 is 27.5 Å². The fourth-order valence-corrected chi connectivity index (χ4v) is 3.12. The van der Waals surface area contributed by atoms with Gasteiger partial charge in [-0.1, -0.05) is 46.3 Å². The van der Waals surface area contributed by atoms with Gasteiger partial charge in [0, 0.05) is 16.5 Å². The molecule has 2 aromatic rings. The quantitative estimate of drug-likeness (QED) is 0.727. The molecule has 0 radical (unpaired) electrons. The third-order valence-electron chi connectivity index (χ3n) is 3.14.